The van der Waals surface area contributed by atoms with Crippen LogP contribution in [-0.2, 0) is 26.2 Å². The van der Waals surface area contributed by atoms with Gasteiger partial charge in [-0.05, 0) is 12.1 Å². The van der Waals surface area contributed by atoms with Crippen LogP contribution in [0, 0.1) is 0 Å². The first-order valence-corrected chi connectivity index (χ1v) is 11.0. The SMILES string of the molecule is CS(=O)(=O)N1CCN(CCNC(=O)COCc2nc(-c3cccnc3)no2)CC1. The second kappa shape index (κ2) is 9.87. The molecular weight excluding hydrogens is 400 g/mol. The van der Waals surface area contributed by atoms with E-state index in [0.29, 0.717) is 45.1 Å². The number of pyridine rings is 1. The van der Waals surface area contributed by atoms with Crippen molar-refractivity contribution >= 4 is 15.9 Å². The Morgan fingerprint density at radius 2 is 2.10 bits per heavy atom. The highest BCUT2D eigenvalue weighted by Gasteiger charge is 2.22. The van der Waals surface area contributed by atoms with E-state index >= 15 is 0 Å². The molecule has 0 saturated carbocycles. The summed E-state index contributed by atoms with van der Waals surface area (Å²) >= 11 is 0. The van der Waals surface area contributed by atoms with E-state index in [0.717, 1.165) is 5.56 Å². The first-order chi connectivity index (χ1) is 13.9. The van der Waals surface area contributed by atoms with Crippen LogP contribution in [0.2, 0.25) is 0 Å². The topological polar surface area (TPSA) is 131 Å². The fraction of sp³-hybridized carbons (Fsp3) is 0.529. The van der Waals surface area contributed by atoms with Gasteiger partial charge in [0, 0.05) is 57.2 Å². The van der Waals surface area contributed by atoms with Crippen LogP contribution in [0.25, 0.3) is 11.4 Å². The molecule has 2 aromatic heterocycles. The Balaban J connectivity index is 1.30. The number of carbonyl (C=O) groups excluding carboxylic acids is 1. The van der Waals surface area contributed by atoms with Gasteiger partial charge in [-0.3, -0.25) is 14.7 Å². The molecule has 1 aliphatic heterocycles. The van der Waals surface area contributed by atoms with Crippen molar-refractivity contribution in [3.63, 3.8) is 0 Å². The van der Waals surface area contributed by atoms with Crippen molar-refractivity contribution in [3.8, 4) is 11.4 Å². The highest BCUT2D eigenvalue weighted by Crippen LogP contribution is 2.13. The number of carbonyl (C=O) groups is 1. The number of hydrogen-bond donors (Lipinski definition) is 1. The van der Waals surface area contributed by atoms with Gasteiger partial charge in [-0.2, -0.15) is 9.29 Å². The predicted molar refractivity (Wildman–Crippen MR) is 103 cm³/mol. The van der Waals surface area contributed by atoms with E-state index in [2.05, 4.69) is 25.3 Å². The van der Waals surface area contributed by atoms with Gasteiger partial charge in [-0.15, -0.1) is 0 Å². The van der Waals surface area contributed by atoms with Crippen LogP contribution < -0.4 is 5.32 Å². The van der Waals surface area contributed by atoms with E-state index in [9.17, 15) is 13.2 Å². The maximum Gasteiger partial charge on any atom is 0.252 e. The third kappa shape index (κ3) is 6.56. The molecule has 0 unspecified atom stereocenters. The summed E-state index contributed by atoms with van der Waals surface area (Å²) in [4.78, 5) is 22.2. The zero-order valence-electron chi connectivity index (χ0n) is 16.2. The van der Waals surface area contributed by atoms with E-state index < -0.39 is 10.0 Å². The number of amides is 1. The van der Waals surface area contributed by atoms with Crippen LogP contribution in [0.1, 0.15) is 5.89 Å². The zero-order valence-corrected chi connectivity index (χ0v) is 17.0. The number of rotatable bonds is 9. The molecule has 0 aromatic carbocycles. The molecule has 3 heterocycles. The molecule has 29 heavy (non-hydrogen) atoms. The molecule has 0 spiro atoms. The van der Waals surface area contributed by atoms with Crippen molar-refractivity contribution in [2.45, 2.75) is 6.61 Å². The van der Waals surface area contributed by atoms with Crippen molar-refractivity contribution in [1.82, 2.24) is 29.6 Å². The summed E-state index contributed by atoms with van der Waals surface area (Å²) in [5, 5.41) is 6.63. The van der Waals surface area contributed by atoms with Gasteiger partial charge < -0.3 is 14.6 Å². The molecular formula is C17H24N6O5S. The molecule has 1 fully saturated rings. The molecule has 3 rings (SSSR count). The molecule has 0 radical (unpaired) electrons. The minimum atomic E-state index is -3.13. The molecule has 0 atom stereocenters. The van der Waals surface area contributed by atoms with Crippen LogP contribution >= 0.6 is 0 Å². The summed E-state index contributed by atoms with van der Waals surface area (Å²) in [6, 6.07) is 3.59. The maximum atomic E-state index is 11.9. The summed E-state index contributed by atoms with van der Waals surface area (Å²) in [5.74, 6) is 0.448. The van der Waals surface area contributed by atoms with Crippen molar-refractivity contribution in [3.05, 3.63) is 30.4 Å². The van der Waals surface area contributed by atoms with Crippen LogP contribution in [0.15, 0.2) is 29.0 Å². The normalized spacial score (nSPS) is 16.0. The van der Waals surface area contributed by atoms with E-state index in [1.807, 2.05) is 6.07 Å². The lowest BCUT2D eigenvalue weighted by Gasteiger charge is -2.33. The van der Waals surface area contributed by atoms with Gasteiger partial charge in [0.05, 0.1) is 6.26 Å². The zero-order chi connectivity index (χ0) is 20.7. The van der Waals surface area contributed by atoms with Gasteiger partial charge in [0.25, 0.3) is 5.89 Å². The maximum absolute atomic E-state index is 11.9. The third-order valence-corrected chi connectivity index (χ3v) is 5.70. The van der Waals surface area contributed by atoms with Crippen LogP contribution in [0.4, 0.5) is 0 Å². The Labute approximate surface area is 169 Å². The van der Waals surface area contributed by atoms with Crippen molar-refractivity contribution in [2.24, 2.45) is 0 Å². The smallest absolute Gasteiger partial charge is 0.252 e. The van der Waals surface area contributed by atoms with Gasteiger partial charge in [0.1, 0.15) is 13.2 Å². The molecule has 0 aliphatic carbocycles. The quantitative estimate of drug-likeness (QED) is 0.557. The average Bonchev–Trinajstić information content (AvgIpc) is 3.17. The van der Waals surface area contributed by atoms with Gasteiger partial charge in [0.15, 0.2) is 0 Å². The van der Waals surface area contributed by atoms with Gasteiger partial charge in [0.2, 0.25) is 21.8 Å². The molecule has 12 heteroatoms. The molecule has 1 amide bonds. The summed E-state index contributed by atoms with van der Waals surface area (Å²) < 4.78 is 34.9. The number of hydrogen-bond acceptors (Lipinski definition) is 9. The Morgan fingerprint density at radius 1 is 1.31 bits per heavy atom. The Kier molecular flexibility index (Phi) is 7.25. The van der Waals surface area contributed by atoms with Gasteiger partial charge in [-0.1, -0.05) is 5.16 Å². The van der Waals surface area contributed by atoms with E-state index in [-0.39, 0.29) is 25.0 Å². The molecule has 0 bridgehead atoms. The summed E-state index contributed by atoms with van der Waals surface area (Å²) in [6.07, 6.45) is 4.50. The number of nitrogens with one attached hydrogen (secondary N) is 1. The highest BCUT2D eigenvalue weighted by molar-refractivity contribution is 7.88. The second-order valence-corrected chi connectivity index (χ2v) is 8.58. The number of piperazine rings is 1. The number of ether oxygens (including phenoxy) is 1. The lowest BCUT2D eigenvalue weighted by atomic mass is 10.3. The monoisotopic (exact) mass is 424 g/mol. The first-order valence-electron chi connectivity index (χ1n) is 9.17. The summed E-state index contributed by atoms with van der Waals surface area (Å²) in [7, 11) is -3.13. The highest BCUT2D eigenvalue weighted by atomic mass is 32.2. The molecule has 2 aromatic rings. The third-order valence-electron chi connectivity index (χ3n) is 4.40. The fourth-order valence-electron chi connectivity index (χ4n) is 2.85. The minimum Gasteiger partial charge on any atom is -0.362 e. The van der Waals surface area contributed by atoms with E-state index in [4.69, 9.17) is 9.26 Å². The number of nitrogens with zero attached hydrogens (tertiary/aromatic N) is 5. The molecule has 1 aliphatic rings. The predicted octanol–water partition coefficient (Wildman–Crippen LogP) is -0.658. The van der Waals surface area contributed by atoms with Crippen molar-refractivity contribution < 1.29 is 22.5 Å². The number of aromatic nitrogens is 3. The number of sulfonamides is 1. The summed E-state index contributed by atoms with van der Waals surface area (Å²) in [5.41, 5.74) is 0.734. The Hall–Kier alpha value is -2.41. The molecule has 158 valence electrons. The average molecular weight is 424 g/mol. The Bertz CT molecular complexity index is 896. The van der Waals surface area contributed by atoms with E-state index in [1.165, 1.54) is 10.6 Å². The van der Waals surface area contributed by atoms with Crippen molar-refractivity contribution in [1.29, 1.82) is 0 Å². The summed E-state index contributed by atoms with van der Waals surface area (Å²) in [6.45, 7) is 3.28. The lowest BCUT2D eigenvalue weighted by molar-refractivity contribution is -0.126. The van der Waals surface area contributed by atoms with Crippen LogP contribution in [-0.4, -0.2) is 90.8 Å². The van der Waals surface area contributed by atoms with E-state index in [1.54, 1.807) is 18.5 Å². The Morgan fingerprint density at radius 3 is 2.79 bits per heavy atom. The van der Waals surface area contributed by atoms with Gasteiger partial charge >= 0.3 is 0 Å². The molecule has 1 saturated heterocycles. The van der Waals surface area contributed by atoms with Crippen molar-refractivity contribution in [2.75, 3.05) is 52.1 Å². The van der Waals surface area contributed by atoms with Crippen LogP contribution in [0.5, 0.6) is 0 Å². The van der Waals surface area contributed by atoms with Crippen LogP contribution in [0.3, 0.4) is 0 Å². The van der Waals surface area contributed by atoms with Gasteiger partial charge in [-0.25, -0.2) is 8.42 Å². The second-order valence-electron chi connectivity index (χ2n) is 6.60. The fourth-order valence-corrected chi connectivity index (χ4v) is 3.67. The lowest BCUT2D eigenvalue weighted by Crippen LogP contribution is -2.50. The standard InChI is InChI=1S/C17H24N6O5S/c1-29(25,26)23-9-7-22(8-10-23)6-5-19-15(24)12-27-13-16-20-17(21-28-16)14-3-2-4-18-11-14/h2-4,11H,5-10,12-13H2,1H3,(H,19,24). The molecule has 1 N–H and O–H groups in total. The molecule has 11 nitrogen and oxygen atoms in total. The minimum absolute atomic E-state index is 0.0358. The first kappa shape index (κ1) is 21.3. The largest absolute Gasteiger partial charge is 0.362 e.